The molecular weight excluding hydrogens is 468 g/mol. The Bertz CT molecular complexity index is 1060. The Morgan fingerprint density at radius 2 is 2.09 bits per heavy atom. The highest BCUT2D eigenvalue weighted by atomic mass is 32.2. The standard InChI is InChI=1S/C14H16N10O6S2/c1-7(25)24(23-6-15-17-20-23)9-10(28)21-3-14(12(29)30,4-31-11(9)21)5-32-13-16-18-19-22(13)2-8(26)27/h6,9,11H,2-5H2,1H3,(H,26,27)(H,29,30)/t9?,11-,14?/m1/s1. The van der Waals surface area contributed by atoms with Gasteiger partial charge in [0.25, 0.3) is 5.91 Å². The second-order valence-corrected chi connectivity index (χ2v) is 9.14. The number of aromatic nitrogens is 8. The van der Waals surface area contributed by atoms with Crippen LogP contribution in [0.4, 0.5) is 0 Å². The molecule has 4 rings (SSSR count). The molecule has 2 unspecified atom stereocenters. The fourth-order valence-corrected chi connectivity index (χ4v) is 6.20. The molecule has 2 aromatic heterocycles. The van der Waals surface area contributed by atoms with Gasteiger partial charge in [0, 0.05) is 25.0 Å². The first-order chi connectivity index (χ1) is 15.2. The predicted molar refractivity (Wildman–Crippen MR) is 105 cm³/mol. The highest BCUT2D eigenvalue weighted by Gasteiger charge is 2.60. The number of fused-ring (bicyclic) bond motifs is 1. The molecule has 16 nitrogen and oxygen atoms in total. The number of amides is 2. The van der Waals surface area contributed by atoms with Crippen LogP contribution in [0.5, 0.6) is 0 Å². The number of β-lactam (4-membered cyclic amide) rings is 1. The van der Waals surface area contributed by atoms with Gasteiger partial charge in [-0.1, -0.05) is 11.8 Å². The zero-order valence-electron chi connectivity index (χ0n) is 16.4. The highest BCUT2D eigenvalue weighted by Crippen LogP contribution is 2.45. The van der Waals surface area contributed by atoms with Crippen molar-refractivity contribution in [2.24, 2.45) is 5.41 Å². The van der Waals surface area contributed by atoms with Gasteiger partial charge in [0.15, 0.2) is 12.4 Å². The van der Waals surface area contributed by atoms with Gasteiger partial charge < -0.3 is 15.1 Å². The van der Waals surface area contributed by atoms with E-state index in [-0.39, 0.29) is 23.2 Å². The lowest BCUT2D eigenvalue weighted by Gasteiger charge is -2.55. The topological polar surface area (TPSA) is 202 Å². The molecule has 2 fully saturated rings. The first-order valence-electron chi connectivity index (χ1n) is 9.03. The van der Waals surface area contributed by atoms with Crippen molar-refractivity contribution in [2.75, 3.05) is 23.1 Å². The molecule has 0 bridgehead atoms. The molecule has 0 saturated carbocycles. The average Bonchev–Trinajstić information content (AvgIpc) is 3.41. The summed E-state index contributed by atoms with van der Waals surface area (Å²) in [4.78, 5) is 50.6. The van der Waals surface area contributed by atoms with Crippen molar-refractivity contribution < 1.29 is 29.4 Å². The number of carbonyl (C=O) groups excluding carboxylic acids is 2. The number of thioether (sulfide) groups is 2. The largest absolute Gasteiger partial charge is 0.481 e. The van der Waals surface area contributed by atoms with Gasteiger partial charge in [0.05, 0.1) is 0 Å². The molecule has 4 heterocycles. The van der Waals surface area contributed by atoms with Crippen LogP contribution in [0.15, 0.2) is 11.5 Å². The Morgan fingerprint density at radius 1 is 1.31 bits per heavy atom. The molecule has 170 valence electrons. The third-order valence-electron chi connectivity index (χ3n) is 4.98. The maximum atomic E-state index is 12.9. The number of aliphatic carboxylic acids is 2. The lowest BCUT2D eigenvalue weighted by atomic mass is 9.89. The van der Waals surface area contributed by atoms with Crippen LogP contribution >= 0.6 is 23.5 Å². The second-order valence-electron chi connectivity index (χ2n) is 7.09. The Labute approximate surface area is 187 Å². The SMILES string of the molecule is CC(=O)N(C1C(=O)N2CC(CSc3nnnn3CC(=O)O)(C(=O)O)CS[C@H]12)n1cnnn1. The smallest absolute Gasteiger partial charge is 0.325 e. The van der Waals surface area contributed by atoms with Crippen molar-refractivity contribution in [2.45, 2.75) is 30.0 Å². The third kappa shape index (κ3) is 3.74. The van der Waals surface area contributed by atoms with E-state index >= 15 is 0 Å². The quantitative estimate of drug-likeness (QED) is 0.291. The van der Waals surface area contributed by atoms with Gasteiger partial charge in [-0.3, -0.25) is 19.2 Å². The lowest BCUT2D eigenvalue weighted by Crippen LogP contribution is -2.76. The maximum absolute atomic E-state index is 12.9. The molecule has 3 atom stereocenters. The Kier molecular flexibility index (Phi) is 5.71. The van der Waals surface area contributed by atoms with Crippen molar-refractivity contribution in [1.82, 2.24) is 45.4 Å². The lowest BCUT2D eigenvalue weighted by molar-refractivity contribution is -0.157. The molecular formula is C14H16N10O6S2. The van der Waals surface area contributed by atoms with E-state index in [2.05, 4.69) is 31.1 Å². The average molecular weight is 484 g/mol. The van der Waals surface area contributed by atoms with E-state index in [0.717, 1.165) is 26.2 Å². The van der Waals surface area contributed by atoms with Crippen molar-refractivity contribution in [3.05, 3.63) is 6.33 Å². The molecule has 0 aliphatic carbocycles. The van der Waals surface area contributed by atoms with Gasteiger partial charge in [-0.25, -0.2) is 9.69 Å². The van der Waals surface area contributed by atoms with Gasteiger partial charge in [-0.05, 0) is 20.9 Å². The van der Waals surface area contributed by atoms with Crippen LogP contribution < -0.4 is 5.01 Å². The van der Waals surface area contributed by atoms with Crippen LogP contribution in [0.1, 0.15) is 6.92 Å². The van der Waals surface area contributed by atoms with Crippen LogP contribution in [0.2, 0.25) is 0 Å². The first-order valence-corrected chi connectivity index (χ1v) is 11.1. The number of carboxylic acid groups (broad SMARTS) is 2. The van der Waals surface area contributed by atoms with Crippen molar-refractivity contribution in [3.8, 4) is 0 Å². The molecule has 2 saturated heterocycles. The Balaban J connectivity index is 1.49. The summed E-state index contributed by atoms with van der Waals surface area (Å²) < 4.78 is 1.06. The van der Waals surface area contributed by atoms with Crippen molar-refractivity contribution in [3.63, 3.8) is 0 Å². The highest BCUT2D eigenvalue weighted by molar-refractivity contribution is 8.00. The van der Waals surface area contributed by atoms with Crippen LogP contribution in [0, 0.1) is 5.41 Å². The predicted octanol–water partition coefficient (Wildman–Crippen LogP) is -2.62. The fourth-order valence-electron chi connectivity index (χ4n) is 3.43. The summed E-state index contributed by atoms with van der Waals surface area (Å²) >= 11 is 2.24. The number of tetrazole rings is 2. The molecule has 18 heteroatoms. The molecule has 32 heavy (non-hydrogen) atoms. The van der Waals surface area contributed by atoms with E-state index in [1.54, 1.807) is 0 Å². The van der Waals surface area contributed by atoms with Gasteiger partial charge in [-0.15, -0.1) is 26.8 Å². The fraction of sp³-hybridized carbons (Fsp3) is 0.571. The zero-order valence-corrected chi connectivity index (χ0v) is 18.0. The summed E-state index contributed by atoms with van der Waals surface area (Å²) in [6.07, 6.45) is 1.20. The molecule has 2 aliphatic rings. The molecule has 0 aromatic carbocycles. The zero-order chi connectivity index (χ0) is 23.0. The number of carboxylic acids is 2. The molecule has 2 aliphatic heterocycles. The van der Waals surface area contributed by atoms with Gasteiger partial charge in [0.2, 0.25) is 11.1 Å². The normalized spacial score (nSPS) is 24.5. The summed E-state index contributed by atoms with van der Waals surface area (Å²) in [5, 5.41) is 41.1. The van der Waals surface area contributed by atoms with Crippen LogP contribution in [-0.4, -0.2) is 109 Å². The minimum absolute atomic E-state index is 0.0138. The molecule has 2 aromatic rings. The molecule has 2 N–H and O–H groups in total. The van der Waals surface area contributed by atoms with Crippen LogP contribution in [0.3, 0.4) is 0 Å². The second kappa shape index (κ2) is 8.34. The summed E-state index contributed by atoms with van der Waals surface area (Å²) in [6, 6.07) is -0.858. The summed E-state index contributed by atoms with van der Waals surface area (Å²) in [5.74, 6) is -2.93. The van der Waals surface area contributed by atoms with Gasteiger partial charge in [0.1, 0.15) is 17.3 Å². The van der Waals surface area contributed by atoms with Crippen molar-refractivity contribution >= 4 is 47.3 Å². The summed E-state index contributed by atoms with van der Waals surface area (Å²) in [5.41, 5.74) is -1.32. The number of hydrogen-bond acceptors (Lipinski definition) is 12. The number of hydrogen-bond donors (Lipinski definition) is 2. The number of carbonyl (C=O) groups is 4. The minimum Gasteiger partial charge on any atom is -0.481 e. The summed E-state index contributed by atoms with van der Waals surface area (Å²) in [6.45, 7) is 0.741. The third-order valence-corrected chi connectivity index (χ3v) is 7.80. The van der Waals surface area contributed by atoms with E-state index < -0.39 is 47.1 Å². The van der Waals surface area contributed by atoms with E-state index in [0.29, 0.717) is 0 Å². The van der Waals surface area contributed by atoms with Gasteiger partial charge >= 0.3 is 11.9 Å². The van der Waals surface area contributed by atoms with E-state index in [9.17, 15) is 24.3 Å². The molecule has 0 radical (unpaired) electrons. The maximum Gasteiger partial charge on any atom is 0.325 e. The molecule has 2 amide bonds. The number of rotatable bonds is 8. The Hall–Kier alpha value is -3.28. The van der Waals surface area contributed by atoms with Gasteiger partial charge in [-0.2, -0.15) is 0 Å². The van der Waals surface area contributed by atoms with E-state index in [4.69, 9.17) is 5.11 Å². The van der Waals surface area contributed by atoms with E-state index in [1.165, 1.54) is 29.9 Å². The van der Waals surface area contributed by atoms with Crippen LogP contribution in [-0.2, 0) is 25.7 Å². The van der Waals surface area contributed by atoms with Crippen molar-refractivity contribution in [1.29, 1.82) is 0 Å². The first kappa shape index (κ1) is 21.9. The summed E-state index contributed by atoms with van der Waals surface area (Å²) in [7, 11) is 0. The van der Waals surface area contributed by atoms with E-state index in [1.807, 2.05) is 0 Å². The molecule has 0 spiro atoms. The Morgan fingerprint density at radius 3 is 2.72 bits per heavy atom. The minimum atomic E-state index is -1.32. The monoisotopic (exact) mass is 484 g/mol. The number of nitrogens with zero attached hydrogens (tertiary/aromatic N) is 10. The van der Waals surface area contributed by atoms with Crippen LogP contribution in [0.25, 0.3) is 0 Å².